The van der Waals surface area contributed by atoms with Gasteiger partial charge in [-0.05, 0) is 42.0 Å². The predicted octanol–water partition coefficient (Wildman–Crippen LogP) is 2.11. The Balaban J connectivity index is 1.47. The van der Waals surface area contributed by atoms with Crippen LogP contribution in [0, 0.1) is 0 Å². The molecule has 0 saturated heterocycles. The van der Waals surface area contributed by atoms with E-state index in [0.717, 1.165) is 5.56 Å². The van der Waals surface area contributed by atoms with E-state index >= 15 is 0 Å². The van der Waals surface area contributed by atoms with Crippen molar-refractivity contribution in [3.8, 4) is 11.5 Å². The number of amidine groups is 1. The van der Waals surface area contributed by atoms with Crippen molar-refractivity contribution in [2.75, 3.05) is 24.7 Å². The van der Waals surface area contributed by atoms with Crippen LogP contribution in [0.15, 0.2) is 71.0 Å². The molecule has 0 aliphatic carbocycles. The zero-order valence-electron chi connectivity index (χ0n) is 16.7. The zero-order valence-corrected chi connectivity index (χ0v) is 17.5. The zero-order chi connectivity index (χ0) is 21.8. The number of rotatable bonds is 6. The van der Waals surface area contributed by atoms with Crippen molar-refractivity contribution in [3.63, 3.8) is 0 Å². The van der Waals surface area contributed by atoms with E-state index in [9.17, 15) is 13.2 Å². The summed E-state index contributed by atoms with van der Waals surface area (Å²) >= 11 is 0. The van der Waals surface area contributed by atoms with E-state index in [-0.39, 0.29) is 18.2 Å². The Morgan fingerprint density at radius 3 is 2.74 bits per heavy atom. The number of fused-ring (bicyclic) bond motifs is 1. The highest BCUT2D eigenvalue weighted by molar-refractivity contribution is 7.90. The molecule has 0 spiro atoms. The highest BCUT2D eigenvalue weighted by atomic mass is 32.2. The monoisotopic (exact) mass is 440 g/mol. The third kappa shape index (κ3) is 4.92. The molecule has 0 radical (unpaired) electrons. The minimum atomic E-state index is -3.44. The van der Waals surface area contributed by atoms with Gasteiger partial charge in [0.2, 0.25) is 0 Å². The number of pyridine rings is 1. The summed E-state index contributed by atoms with van der Waals surface area (Å²) in [6, 6.07) is 8.81. The van der Waals surface area contributed by atoms with Gasteiger partial charge in [-0.2, -0.15) is 0 Å². The number of benzene rings is 1. The number of aromatic nitrogens is 1. The van der Waals surface area contributed by atoms with Crippen LogP contribution in [-0.4, -0.2) is 49.5 Å². The summed E-state index contributed by atoms with van der Waals surface area (Å²) in [5.41, 5.74) is 1.86. The van der Waals surface area contributed by atoms with Gasteiger partial charge in [0, 0.05) is 36.9 Å². The molecule has 1 aromatic heterocycles. The van der Waals surface area contributed by atoms with Crippen LogP contribution < -0.4 is 14.8 Å². The molecule has 0 fully saturated rings. The molecule has 3 heterocycles. The van der Waals surface area contributed by atoms with E-state index < -0.39 is 10.0 Å². The Morgan fingerprint density at radius 1 is 1.16 bits per heavy atom. The first kappa shape index (κ1) is 20.6. The Hall–Kier alpha value is -3.66. The van der Waals surface area contributed by atoms with Crippen molar-refractivity contribution >= 4 is 27.5 Å². The number of anilines is 1. The second-order valence-corrected chi connectivity index (χ2v) is 8.57. The van der Waals surface area contributed by atoms with Crippen LogP contribution >= 0.6 is 0 Å². The van der Waals surface area contributed by atoms with Crippen LogP contribution in [0.25, 0.3) is 0 Å². The lowest BCUT2D eigenvalue weighted by molar-refractivity contribution is -0.112. The van der Waals surface area contributed by atoms with Crippen molar-refractivity contribution in [1.82, 2.24) is 9.88 Å². The number of nitrogens with zero attached hydrogens (tertiary/aromatic N) is 3. The van der Waals surface area contributed by atoms with Gasteiger partial charge in [-0.15, -0.1) is 4.40 Å². The summed E-state index contributed by atoms with van der Waals surface area (Å²) < 4.78 is 38.1. The number of methoxy groups -OCH3 is 1. The van der Waals surface area contributed by atoms with Crippen molar-refractivity contribution in [2.24, 2.45) is 4.40 Å². The van der Waals surface area contributed by atoms with Crippen molar-refractivity contribution in [1.29, 1.82) is 0 Å². The minimum Gasteiger partial charge on any atom is -0.493 e. The molecule has 1 N–H and O–H groups in total. The highest BCUT2D eigenvalue weighted by Gasteiger charge is 2.25. The van der Waals surface area contributed by atoms with Crippen LogP contribution in [0.1, 0.15) is 5.56 Å². The smallest absolute Gasteiger partial charge is 0.257 e. The molecule has 1 aromatic carbocycles. The van der Waals surface area contributed by atoms with Crippen LogP contribution in [0.2, 0.25) is 0 Å². The van der Waals surface area contributed by atoms with E-state index in [1.807, 2.05) is 12.1 Å². The van der Waals surface area contributed by atoms with Crippen molar-refractivity contribution in [3.05, 3.63) is 72.2 Å². The van der Waals surface area contributed by atoms with Gasteiger partial charge in [0.15, 0.2) is 11.5 Å². The summed E-state index contributed by atoms with van der Waals surface area (Å²) in [5, 5.41) is 2.82. The average molecular weight is 440 g/mol. The van der Waals surface area contributed by atoms with Gasteiger partial charge in [-0.3, -0.25) is 9.78 Å². The largest absolute Gasteiger partial charge is 0.493 e. The summed E-state index contributed by atoms with van der Waals surface area (Å²) in [5.74, 6) is 0.903. The molecule has 4 rings (SSSR count). The van der Waals surface area contributed by atoms with Gasteiger partial charge < -0.3 is 19.7 Å². The lowest BCUT2D eigenvalue weighted by Crippen LogP contribution is -2.37. The van der Waals surface area contributed by atoms with Crippen LogP contribution in [0.5, 0.6) is 11.5 Å². The van der Waals surface area contributed by atoms with E-state index in [0.29, 0.717) is 35.2 Å². The second-order valence-electron chi connectivity index (χ2n) is 6.81. The van der Waals surface area contributed by atoms with Crippen LogP contribution in [-0.2, 0) is 21.4 Å². The highest BCUT2D eigenvalue weighted by Crippen LogP contribution is 2.31. The maximum absolute atomic E-state index is 12.7. The molecule has 31 heavy (non-hydrogen) atoms. The van der Waals surface area contributed by atoms with E-state index in [4.69, 9.17) is 9.47 Å². The molecule has 0 unspecified atom stereocenters. The summed E-state index contributed by atoms with van der Waals surface area (Å²) in [6.45, 7) is 0.571. The normalized spacial score (nSPS) is 16.6. The molecule has 10 heteroatoms. The van der Waals surface area contributed by atoms with Gasteiger partial charge in [0.05, 0.1) is 18.4 Å². The Kier molecular flexibility index (Phi) is 5.72. The maximum atomic E-state index is 12.7. The minimum absolute atomic E-state index is 0.0909. The van der Waals surface area contributed by atoms with E-state index in [2.05, 4.69) is 14.7 Å². The first-order valence-electron chi connectivity index (χ1n) is 9.44. The topological polar surface area (TPSA) is 110 Å². The molecule has 1 amide bonds. The van der Waals surface area contributed by atoms with Gasteiger partial charge in [-0.1, -0.05) is 0 Å². The van der Waals surface area contributed by atoms with Gasteiger partial charge in [0.1, 0.15) is 12.4 Å². The number of ether oxygens (including phenoxy) is 2. The second kappa shape index (κ2) is 8.60. The van der Waals surface area contributed by atoms with Crippen molar-refractivity contribution < 1.29 is 22.7 Å². The number of carbonyl (C=O) groups is 1. The third-order valence-electron chi connectivity index (χ3n) is 4.65. The number of carbonyl (C=O) groups excluding carboxylic acids is 1. The molecule has 2 aromatic rings. The first-order valence-corrected chi connectivity index (χ1v) is 11.0. The first-order chi connectivity index (χ1) is 14.9. The molecule has 160 valence electrons. The lowest BCUT2D eigenvalue weighted by atomic mass is 10.1. The molecule has 2 aliphatic rings. The number of sulfonamides is 1. The number of hydrogen-bond donors (Lipinski definition) is 1. The molecule has 2 aliphatic heterocycles. The SMILES string of the molecule is COc1ccc(NC(=O)C2=CN3CCS(=O)(=O)N=C3C=C2)cc1OCc1ccncc1. The Bertz CT molecular complexity index is 1190. The third-order valence-corrected chi connectivity index (χ3v) is 5.82. The molecule has 0 saturated carbocycles. The fourth-order valence-electron chi connectivity index (χ4n) is 3.05. The quantitative estimate of drug-likeness (QED) is 0.732. The van der Waals surface area contributed by atoms with Crippen molar-refractivity contribution in [2.45, 2.75) is 6.61 Å². The molecule has 0 bridgehead atoms. The van der Waals surface area contributed by atoms with Crippen LogP contribution in [0.3, 0.4) is 0 Å². The molecule has 0 atom stereocenters. The predicted molar refractivity (Wildman–Crippen MR) is 115 cm³/mol. The summed E-state index contributed by atoms with van der Waals surface area (Å²) in [4.78, 5) is 18.3. The summed E-state index contributed by atoms with van der Waals surface area (Å²) in [6.07, 6.45) is 8.02. The Labute approximate surface area is 179 Å². The number of hydrogen-bond acceptors (Lipinski definition) is 7. The molecular weight excluding hydrogens is 420 g/mol. The fraction of sp³-hybridized carbons (Fsp3) is 0.190. The van der Waals surface area contributed by atoms with Gasteiger partial charge in [0.25, 0.3) is 15.9 Å². The number of amides is 1. The van der Waals surface area contributed by atoms with E-state index in [1.165, 1.54) is 12.2 Å². The summed E-state index contributed by atoms with van der Waals surface area (Å²) in [7, 11) is -1.90. The molecular formula is C21H20N4O5S. The molecule has 9 nitrogen and oxygen atoms in total. The fourth-order valence-corrected chi connectivity index (χ4v) is 4.02. The van der Waals surface area contributed by atoms with Gasteiger partial charge >= 0.3 is 0 Å². The van der Waals surface area contributed by atoms with Gasteiger partial charge in [-0.25, -0.2) is 8.42 Å². The van der Waals surface area contributed by atoms with E-state index in [1.54, 1.807) is 48.8 Å². The van der Waals surface area contributed by atoms with Crippen LogP contribution in [0.4, 0.5) is 5.69 Å². The lowest BCUT2D eigenvalue weighted by Gasteiger charge is -2.27. The number of nitrogens with one attached hydrogen (secondary N) is 1. The maximum Gasteiger partial charge on any atom is 0.257 e. The average Bonchev–Trinajstić information content (AvgIpc) is 2.77. The standard InChI is InChI=1S/C21H20N4O5S/c1-29-18-4-3-17(12-19(18)30-14-15-6-8-22-9-7-15)23-21(26)16-2-5-20-24-31(27,28)11-10-25(20)13-16/h2-9,12-13H,10-11,14H2,1H3,(H,23,26). The Morgan fingerprint density at radius 2 is 1.97 bits per heavy atom.